The summed E-state index contributed by atoms with van der Waals surface area (Å²) < 4.78 is 5.98. The van der Waals surface area contributed by atoms with E-state index in [0.717, 1.165) is 12.8 Å². The highest BCUT2D eigenvalue weighted by Gasteiger charge is 2.50. The van der Waals surface area contributed by atoms with Crippen molar-refractivity contribution in [2.24, 2.45) is 17.6 Å². The SMILES string of the molecule is CC1(C)CC(C(=O)C2C=CC(N)C2)C(C)(C)O1. The topological polar surface area (TPSA) is 52.3 Å². The average molecular weight is 237 g/mol. The van der Waals surface area contributed by atoms with Crippen molar-refractivity contribution in [1.82, 2.24) is 0 Å². The second-order valence-electron chi connectivity index (χ2n) is 6.52. The Morgan fingerprint density at radius 2 is 1.94 bits per heavy atom. The Hall–Kier alpha value is -0.670. The Balaban J connectivity index is 2.13. The van der Waals surface area contributed by atoms with Gasteiger partial charge in [0.1, 0.15) is 5.78 Å². The van der Waals surface area contributed by atoms with Crippen LogP contribution in [0.3, 0.4) is 0 Å². The summed E-state index contributed by atoms with van der Waals surface area (Å²) in [6, 6.07) is 0.0439. The Labute approximate surface area is 103 Å². The third-order valence-electron chi connectivity index (χ3n) is 3.90. The van der Waals surface area contributed by atoms with Crippen LogP contribution in [0.1, 0.15) is 40.5 Å². The highest BCUT2D eigenvalue weighted by atomic mass is 16.5. The van der Waals surface area contributed by atoms with Crippen LogP contribution in [0.5, 0.6) is 0 Å². The molecule has 3 atom stereocenters. The van der Waals surface area contributed by atoms with Crippen LogP contribution in [0, 0.1) is 11.8 Å². The van der Waals surface area contributed by atoms with Crippen molar-refractivity contribution in [3.8, 4) is 0 Å². The van der Waals surface area contributed by atoms with Crippen molar-refractivity contribution in [3.63, 3.8) is 0 Å². The maximum Gasteiger partial charge on any atom is 0.145 e. The van der Waals surface area contributed by atoms with Gasteiger partial charge in [-0.3, -0.25) is 4.79 Å². The number of ketones is 1. The smallest absolute Gasteiger partial charge is 0.145 e. The van der Waals surface area contributed by atoms with Crippen molar-refractivity contribution >= 4 is 5.78 Å². The highest BCUT2D eigenvalue weighted by Crippen LogP contribution is 2.44. The monoisotopic (exact) mass is 237 g/mol. The van der Waals surface area contributed by atoms with Gasteiger partial charge in [-0.05, 0) is 40.5 Å². The minimum Gasteiger partial charge on any atom is -0.369 e. The van der Waals surface area contributed by atoms with E-state index in [1.807, 2.05) is 26.0 Å². The van der Waals surface area contributed by atoms with Gasteiger partial charge < -0.3 is 10.5 Å². The molecule has 17 heavy (non-hydrogen) atoms. The van der Waals surface area contributed by atoms with E-state index in [4.69, 9.17) is 10.5 Å². The second-order valence-corrected chi connectivity index (χ2v) is 6.52. The van der Waals surface area contributed by atoms with Crippen LogP contribution >= 0.6 is 0 Å². The van der Waals surface area contributed by atoms with Gasteiger partial charge in [0.25, 0.3) is 0 Å². The fraction of sp³-hybridized carbons (Fsp3) is 0.786. The van der Waals surface area contributed by atoms with Crippen LogP contribution in [0.25, 0.3) is 0 Å². The largest absolute Gasteiger partial charge is 0.369 e. The van der Waals surface area contributed by atoms with E-state index in [1.54, 1.807) is 0 Å². The van der Waals surface area contributed by atoms with E-state index in [2.05, 4.69) is 13.8 Å². The number of rotatable bonds is 2. The Morgan fingerprint density at radius 3 is 2.35 bits per heavy atom. The Bertz CT molecular complexity index is 357. The van der Waals surface area contributed by atoms with Crippen molar-refractivity contribution in [2.75, 3.05) is 0 Å². The van der Waals surface area contributed by atoms with Gasteiger partial charge >= 0.3 is 0 Å². The first-order valence-corrected chi connectivity index (χ1v) is 6.39. The molecule has 0 amide bonds. The van der Waals surface area contributed by atoms with Crippen LogP contribution in [0.15, 0.2) is 12.2 Å². The molecule has 0 radical (unpaired) electrons. The molecule has 0 bridgehead atoms. The lowest BCUT2D eigenvalue weighted by Crippen LogP contribution is -2.36. The molecule has 1 heterocycles. The third-order valence-corrected chi connectivity index (χ3v) is 3.90. The molecule has 0 spiro atoms. The minimum atomic E-state index is -0.360. The van der Waals surface area contributed by atoms with Crippen LogP contribution in [-0.4, -0.2) is 23.0 Å². The van der Waals surface area contributed by atoms with Crippen molar-refractivity contribution < 1.29 is 9.53 Å². The molecule has 3 unspecified atom stereocenters. The Kier molecular flexibility index (Phi) is 2.95. The molecular weight excluding hydrogens is 214 g/mol. The number of ether oxygens (including phenoxy) is 1. The molecule has 1 aliphatic heterocycles. The molecule has 0 saturated carbocycles. The number of allylic oxidation sites excluding steroid dienone is 1. The maximum atomic E-state index is 12.5. The summed E-state index contributed by atoms with van der Waals surface area (Å²) in [5, 5.41) is 0. The molecule has 96 valence electrons. The van der Waals surface area contributed by atoms with Crippen molar-refractivity contribution in [2.45, 2.75) is 57.8 Å². The first kappa shape index (κ1) is 12.8. The molecule has 0 aromatic rings. The molecular formula is C14H23NO2. The van der Waals surface area contributed by atoms with Gasteiger partial charge in [0, 0.05) is 17.9 Å². The number of hydrogen-bond donors (Lipinski definition) is 1. The van der Waals surface area contributed by atoms with E-state index < -0.39 is 0 Å². The molecule has 3 heteroatoms. The van der Waals surface area contributed by atoms with Crippen LogP contribution in [0.4, 0.5) is 0 Å². The van der Waals surface area contributed by atoms with E-state index in [-0.39, 0.29) is 29.1 Å². The van der Waals surface area contributed by atoms with Crippen LogP contribution < -0.4 is 5.73 Å². The zero-order valence-corrected chi connectivity index (χ0v) is 11.2. The summed E-state index contributed by atoms with van der Waals surface area (Å²) in [7, 11) is 0. The number of Topliss-reactive ketones (excluding diaryl/α,β-unsaturated/α-hetero) is 1. The molecule has 1 saturated heterocycles. The van der Waals surface area contributed by atoms with Gasteiger partial charge in [0.05, 0.1) is 11.2 Å². The second kappa shape index (κ2) is 3.92. The van der Waals surface area contributed by atoms with Gasteiger partial charge in [0.2, 0.25) is 0 Å². The first-order valence-electron chi connectivity index (χ1n) is 6.39. The van der Waals surface area contributed by atoms with Gasteiger partial charge in [-0.25, -0.2) is 0 Å². The zero-order valence-electron chi connectivity index (χ0n) is 11.2. The molecule has 1 fully saturated rings. The van der Waals surface area contributed by atoms with Gasteiger partial charge in [-0.15, -0.1) is 0 Å². The van der Waals surface area contributed by atoms with E-state index in [0.29, 0.717) is 5.78 Å². The molecule has 0 aromatic carbocycles. The number of nitrogens with two attached hydrogens (primary N) is 1. The fourth-order valence-corrected chi connectivity index (χ4v) is 3.20. The van der Waals surface area contributed by atoms with Crippen molar-refractivity contribution in [3.05, 3.63) is 12.2 Å². The Morgan fingerprint density at radius 1 is 1.29 bits per heavy atom. The normalized spacial score (nSPS) is 38.5. The standard InChI is InChI=1S/C14H23NO2/c1-13(2)8-11(14(3,4)17-13)12(16)9-5-6-10(15)7-9/h5-6,9-11H,7-8,15H2,1-4H3. The minimum absolute atomic E-state index is 0.00762. The zero-order chi connectivity index (χ0) is 12.8. The summed E-state index contributed by atoms with van der Waals surface area (Å²) in [6.07, 6.45) is 5.47. The lowest BCUT2D eigenvalue weighted by Gasteiger charge is -2.27. The molecule has 0 aromatic heterocycles. The molecule has 2 rings (SSSR count). The first-order chi connectivity index (χ1) is 7.71. The molecule has 2 N–H and O–H groups in total. The number of carbonyl (C=O) groups excluding carboxylic acids is 1. The average Bonchev–Trinajstić information content (AvgIpc) is 2.66. The lowest BCUT2D eigenvalue weighted by atomic mass is 9.79. The fourth-order valence-electron chi connectivity index (χ4n) is 3.20. The maximum absolute atomic E-state index is 12.5. The van der Waals surface area contributed by atoms with Gasteiger partial charge in [-0.2, -0.15) is 0 Å². The summed E-state index contributed by atoms with van der Waals surface area (Å²) >= 11 is 0. The summed E-state index contributed by atoms with van der Waals surface area (Å²) in [6.45, 7) is 8.14. The van der Waals surface area contributed by atoms with Crippen molar-refractivity contribution in [1.29, 1.82) is 0 Å². The van der Waals surface area contributed by atoms with E-state index in [9.17, 15) is 4.79 Å². The number of hydrogen-bond acceptors (Lipinski definition) is 3. The van der Waals surface area contributed by atoms with E-state index in [1.165, 1.54) is 0 Å². The van der Waals surface area contributed by atoms with Crippen LogP contribution in [0.2, 0.25) is 0 Å². The van der Waals surface area contributed by atoms with Gasteiger partial charge in [-0.1, -0.05) is 12.2 Å². The molecule has 3 nitrogen and oxygen atoms in total. The molecule has 1 aliphatic carbocycles. The number of carbonyl (C=O) groups is 1. The molecule has 2 aliphatic rings. The third kappa shape index (κ3) is 2.45. The lowest BCUT2D eigenvalue weighted by molar-refractivity contribution is -0.132. The quantitative estimate of drug-likeness (QED) is 0.748. The predicted molar refractivity (Wildman–Crippen MR) is 67.6 cm³/mol. The summed E-state index contributed by atoms with van der Waals surface area (Å²) in [5.74, 6) is 0.272. The summed E-state index contributed by atoms with van der Waals surface area (Å²) in [5.41, 5.74) is 5.25. The van der Waals surface area contributed by atoms with Crippen LogP contribution in [-0.2, 0) is 9.53 Å². The highest BCUT2D eigenvalue weighted by molar-refractivity contribution is 5.87. The van der Waals surface area contributed by atoms with Gasteiger partial charge in [0.15, 0.2) is 0 Å². The predicted octanol–water partition coefficient (Wildman–Crippen LogP) is 2.05. The van der Waals surface area contributed by atoms with E-state index >= 15 is 0 Å². The summed E-state index contributed by atoms with van der Waals surface area (Å²) in [4.78, 5) is 12.5.